The van der Waals surface area contributed by atoms with Crippen molar-refractivity contribution in [3.63, 3.8) is 0 Å². The lowest BCUT2D eigenvalue weighted by atomic mass is 10.0. The van der Waals surface area contributed by atoms with Crippen molar-refractivity contribution in [2.24, 2.45) is 0 Å². The highest BCUT2D eigenvalue weighted by Gasteiger charge is 2.19. The second-order valence-corrected chi connectivity index (χ2v) is 6.69. The van der Waals surface area contributed by atoms with Crippen LogP contribution in [0, 0.1) is 10.1 Å². The van der Waals surface area contributed by atoms with Crippen molar-refractivity contribution in [1.29, 1.82) is 0 Å². The first-order chi connectivity index (χ1) is 11.9. The monoisotopic (exact) mass is 359 g/mol. The average Bonchev–Trinajstić information content (AvgIpc) is 2.53. The van der Waals surface area contributed by atoms with Crippen molar-refractivity contribution in [2.45, 2.75) is 102 Å². The molecule has 0 radical (unpaired) electrons. The average molecular weight is 359 g/mol. The topological polar surface area (TPSA) is 118 Å². The van der Waals surface area contributed by atoms with E-state index >= 15 is 0 Å². The molecular weight excluding hydrogens is 326 g/mol. The van der Waals surface area contributed by atoms with Gasteiger partial charge in [-0.25, -0.2) is 0 Å². The smallest absolute Gasteiger partial charge is 0.303 e. The van der Waals surface area contributed by atoms with Gasteiger partial charge in [0, 0.05) is 30.6 Å². The van der Waals surface area contributed by atoms with Crippen LogP contribution in [0.25, 0.3) is 0 Å². The molecule has 0 saturated carbocycles. The van der Waals surface area contributed by atoms with E-state index in [0.717, 1.165) is 57.8 Å². The van der Waals surface area contributed by atoms with Crippen LogP contribution in [-0.4, -0.2) is 33.1 Å². The lowest BCUT2D eigenvalue weighted by Crippen LogP contribution is -2.19. The van der Waals surface area contributed by atoms with Crippen molar-refractivity contribution in [1.82, 2.24) is 0 Å². The molecule has 0 fully saturated rings. The largest absolute Gasteiger partial charge is 0.481 e. The molecule has 7 nitrogen and oxygen atoms in total. The molecule has 0 aromatic rings. The summed E-state index contributed by atoms with van der Waals surface area (Å²) in [4.78, 5) is 31.5. The third-order valence-corrected chi connectivity index (χ3v) is 4.40. The molecule has 1 unspecified atom stereocenters. The van der Waals surface area contributed by atoms with E-state index in [1.54, 1.807) is 0 Å². The number of nitro groups is 1. The Balaban J connectivity index is 3.43. The van der Waals surface area contributed by atoms with Gasteiger partial charge >= 0.3 is 11.9 Å². The van der Waals surface area contributed by atoms with Crippen LogP contribution >= 0.6 is 0 Å². The normalized spacial score (nSPS) is 12.0. The molecule has 7 heteroatoms. The van der Waals surface area contributed by atoms with Gasteiger partial charge in [0.25, 0.3) is 0 Å². The van der Waals surface area contributed by atoms with Crippen molar-refractivity contribution in [3.05, 3.63) is 10.1 Å². The number of unbranched alkanes of at least 4 members (excludes halogenated alkanes) is 9. The lowest BCUT2D eigenvalue weighted by Gasteiger charge is -2.08. The predicted molar refractivity (Wildman–Crippen MR) is 95.3 cm³/mol. The molecular formula is C18H33NO6. The summed E-state index contributed by atoms with van der Waals surface area (Å²) in [6.07, 6.45) is 11.9. The van der Waals surface area contributed by atoms with Crippen LogP contribution in [0.5, 0.6) is 0 Å². The SMILES string of the molecule is O=C(O)CCCCCCCCCCCCC(CCCC(=O)O)[N+](=O)[O-]. The van der Waals surface area contributed by atoms with Gasteiger partial charge in [-0.1, -0.05) is 51.4 Å². The minimum absolute atomic E-state index is 0.000642. The van der Waals surface area contributed by atoms with Gasteiger partial charge in [0.1, 0.15) is 0 Å². The fourth-order valence-electron chi connectivity index (χ4n) is 2.91. The van der Waals surface area contributed by atoms with E-state index in [9.17, 15) is 19.7 Å². The molecule has 2 N–H and O–H groups in total. The molecule has 0 amide bonds. The van der Waals surface area contributed by atoms with E-state index in [2.05, 4.69) is 0 Å². The van der Waals surface area contributed by atoms with Crippen LogP contribution in [0.2, 0.25) is 0 Å². The zero-order valence-corrected chi connectivity index (χ0v) is 15.2. The van der Waals surface area contributed by atoms with E-state index in [4.69, 9.17) is 10.2 Å². The summed E-state index contributed by atoms with van der Waals surface area (Å²) in [6.45, 7) is 0. The summed E-state index contributed by atoms with van der Waals surface area (Å²) >= 11 is 0. The fourth-order valence-corrected chi connectivity index (χ4v) is 2.91. The van der Waals surface area contributed by atoms with Crippen LogP contribution in [0.15, 0.2) is 0 Å². The molecule has 1 atom stereocenters. The minimum atomic E-state index is -0.899. The van der Waals surface area contributed by atoms with Gasteiger partial charge in [-0.2, -0.15) is 0 Å². The Morgan fingerprint density at radius 3 is 1.48 bits per heavy atom. The minimum Gasteiger partial charge on any atom is -0.481 e. The summed E-state index contributed by atoms with van der Waals surface area (Å²) in [5.74, 6) is -1.62. The summed E-state index contributed by atoms with van der Waals surface area (Å²) in [6, 6.07) is -0.606. The van der Waals surface area contributed by atoms with Gasteiger partial charge in [0.15, 0.2) is 0 Å². The summed E-state index contributed by atoms with van der Waals surface area (Å²) in [5.41, 5.74) is 0. The van der Waals surface area contributed by atoms with Gasteiger partial charge in [-0.05, 0) is 19.3 Å². The van der Waals surface area contributed by atoms with Crippen molar-refractivity contribution < 1.29 is 24.7 Å². The third kappa shape index (κ3) is 17.0. The van der Waals surface area contributed by atoms with Gasteiger partial charge < -0.3 is 10.2 Å². The molecule has 0 heterocycles. The summed E-state index contributed by atoms with van der Waals surface area (Å²) in [7, 11) is 0. The number of hydrogen-bond donors (Lipinski definition) is 2. The number of rotatable bonds is 18. The van der Waals surface area contributed by atoms with Crippen LogP contribution in [-0.2, 0) is 9.59 Å². The summed E-state index contributed by atoms with van der Waals surface area (Å²) < 4.78 is 0. The van der Waals surface area contributed by atoms with E-state index in [1.807, 2.05) is 0 Å². The second kappa shape index (κ2) is 15.8. The molecule has 0 aliphatic carbocycles. The van der Waals surface area contributed by atoms with Crippen molar-refractivity contribution >= 4 is 11.9 Å². The Morgan fingerprint density at radius 1 is 0.680 bits per heavy atom. The Bertz CT molecular complexity index is 386. The van der Waals surface area contributed by atoms with Crippen molar-refractivity contribution in [2.75, 3.05) is 0 Å². The molecule has 146 valence electrons. The van der Waals surface area contributed by atoms with Gasteiger partial charge in [-0.15, -0.1) is 0 Å². The number of carboxylic acids is 2. The Hall–Kier alpha value is -1.66. The highest BCUT2D eigenvalue weighted by atomic mass is 16.6. The standard InChI is InChI=1S/C18H33NO6/c20-17(21)14-10-8-6-4-2-1-3-5-7-9-12-16(19(24)25)13-11-15-18(22)23/h16H,1-15H2,(H,20,21)(H,22,23). The quantitative estimate of drug-likeness (QED) is 0.209. The molecule has 0 aromatic carbocycles. The van der Waals surface area contributed by atoms with Gasteiger partial charge in [-0.3, -0.25) is 19.7 Å². The van der Waals surface area contributed by atoms with Crippen LogP contribution in [0.4, 0.5) is 0 Å². The van der Waals surface area contributed by atoms with E-state index in [0.29, 0.717) is 19.3 Å². The number of carbonyl (C=O) groups is 2. The van der Waals surface area contributed by atoms with Crippen molar-refractivity contribution in [3.8, 4) is 0 Å². The molecule has 0 aliphatic heterocycles. The first-order valence-corrected chi connectivity index (χ1v) is 9.50. The Labute approximate surface area is 150 Å². The Kier molecular flexibility index (Phi) is 14.8. The van der Waals surface area contributed by atoms with E-state index in [1.165, 1.54) is 6.42 Å². The number of aliphatic carboxylic acids is 2. The highest BCUT2D eigenvalue weighted by molar-refractivity contribution is 5.66. The molecule has 0 aromatic heterocycles. The first kappa shape index (κ1) is 23.3. The Morgan fingerprint density at radius 2 is 1.04 bits per heavy atom. The molecule has 0 spiro atoms. The molecule has 0 saturated heterocycles. The number of carboxylic acid groups (broad SMARTS) is 2. The van der Waals surface area contributed by atoms with Gasteiger partial charge in [0.2, 0.25) is 6.04 Å². The second-order valence-electron chi connectivity index (χ2n) is 6.69. The predicted octanol–water partition coefficient (Wildman–Crippen LogP) is 4.65. The van der Waals surface area contributed by atoms with Crippen LogP contribution in [0.1, 0.15) is 96.3 Å². The summed E-state index contributed by atoms with van der Waals surface area (Å²) in [5, 5.41) is 28.0. The lowest BCUT2D eigenvalue weighted by molar-refractivity contribution is -0.524. The maximum absolute atomic E-state index is 11.0. The molecule has 25 heavy (non-hydrogen) atoms. The zero-order valence-electron chi connectivity index (χ0n) is 15.2. The zero-order chi connectivity index (χ0) is 18.9. The molecule has 0 bridgehead atoms. The fraction of sp³-hybridized carbons (Fsp3) is 0.889. The van der Waals surface area contributed by atoms with Crippen LogP contribution in [0.3, 0.4) is 0 Å². The number of nitrogens with zero attached hydrogens (tertiary/aromatic N) is 1. The van der Waals surface area contributed by atoms with Crippen LogP contribution < -0.4 is 0 Å². The van der Waals surface area contributed by atoms with E-state index in [-0.39, 0.29) is 17.8 Å². The molecule has 0 aliphatic rings. The maximum Gasteiger partial charge on any atom is 0.303 e. The van der Waals surface area contributed by atoms with Gasteiger partial charge in [0.05, 0.1) is 0 Å². The highest BCUT2D eigenvalue weighted by Crippen LogP contribution is 2.15. The first-order valence-electron chi connectivity index (χ1n) is 9.50. The maximum atomic E-state index is 11.0. The molecule has 0 rings (SSSR count). The number of hydrogen-bond acceptors (Lipinski definition) is 4. The van der Waals surface area contributed by atoms with E-state index < -0.39 is 18.0 Å². The third-order valence-electron chi connectivity index (χ3n) is 4.40.